The molecule has 5 heteroatoms. The summed E-state index contributed by atoms with van der Waals surface area (Å²) in [5.74, 6) is 0.859. The number of hydrogen-bond donors (Lipinski definition) is 1. The molecule has 3 heterocycles. The molecule has 1 spiro atoms. The molecule has 2 fully saturated rings. The molecular weight excluding hydrogens is 336 g/mol. The summed E-state index contributed by atoms with van der Waals surface area (Å²) < 4.78 is 0. The van der Waals surface area contributed by atoms with Gasteiger partial charge in [-0.3, -0.25) is 4.79 Å². The third-order valence-electron chi connectivity index (χ3n) is 5.96. The Kier molecular flexibility index (Phi) is 4.35. The van der Waals surface area contributed by atoms with Gasteiger partial charge in [-0.05, 0) is 50.3 Å². The van der Waals surface area contributed by atoms with E-state index in [0.29, 0.717) is 5.56 Å². The zero-order valence-corrected chi connectivity index (χ0v) is 15.8. The number of amides is 1. The summed E-state index contributed by atoms with van der Waals surface area (Å²) in [7, 11) is 0. The lowest BCUT2D eigenvalue weighted by molar-refractivity contribution is -0.121. The van der Waals surface area contributed by atoms with Gasteiger partial charge < -0.3 is 10.2 Å². The van der Waals surface area contributed by atoms with Crippen LogP contribution in [0.2, 0.25) is 0 Å². The molecule has 2 aromatic rings. The Morgan fingerprint density at radius 2 is 1.93 bits per heavy atom. The minimum atomic E-state index is -0.139. The molecule has 5 nitrogen and oxygen atoms in total. The zero-order chi connectivity index (χ0) is 19.0. The van der Waals surface area contributed by atoms with Crippen LogP contribution in [0.25, 0.3) is 0 Å². The lowest BCUT2D eigenvalue weighted by Crippen LogP contribution is -2.51. The van der Waals surface area contributed by atoms with E-state index in [2.05, 4.69) is 21.3 Å². The fourth-order valence-electron chi connectivity index (χ4n) is 4.50. The Balaban J connectivity index is 1.52. The number of nitrogens with zero attached hydrogens (tertiary/aromatic N) is 3. The quantitative estimate of drug-likeness (QED) is 0.893. The zero-order valence-electron chi connectivity index (χ0n) is 15.8. The molecule has 1 aromatic carbocycles. The highest BCUT2D eigenvalue weighted by molar-refractivity contribution is 5.87. The van der Waals surface area contributed by atoms with Gasteiger partial charge in [0.25, 0.3) is 0 Å². The third kappa shape index (κ3) is 3.16. The number of aryl methyl sites for hydroxylation is 2. The van der Waals surface area contributed by atoms with Gasteiger partial charge in [0.2, 0.25) is 5.91 Å². The predicted octanol–water partition coefficient (Wildman–Crippen LogP) is 3.21. The number of rotatable bonds is 2. The molecule has 1 atom stereocenters. The van der Waals surface area contributed by atoms with Crippen LogP contribution in [0, 0.1) is 25.2 Å². The molecule has 1 amide bonds. The Morgan fingerprint density at radius 3 is 2.59 bits per heavy atom. The van der Waals surface area contributed by atoms with E-state index in [9.17, 15) is 10.1 Å². The van der Waals surface area contributed by atoms with E-state index in [1.54, 1.807) is 0 Å². The monoisotopic (exact) mass is 360 g/mol. The fourth-order valence-corrected chi connectivity index (χ4v) is 4.50. The number of aromatic nitrogens is 1. The molecule has 27 heavy (non-hydrogen) atoms. The van der Waals surface area contributed by atoms with E-state index < -0.39 is 0 Å². The fraction of sp³-hybridized carbons (Fsp3) is 0.409. The van der Waals surface area contributed by atoms with Crippen molar-refractivity contribution < 1.29 is 4.79 Å². The van der Waals surface area contributed by atoms with Gasteiger partial charge in [-0.15, -0.1) is 0 Å². The smallest absolute Gasteiger partial charge is 0.228 e. The first-order valence-corrected chi connectivity index (χ1v) is 9.52. The highest BCUT2D eigenvalue weighted by atomic mass is 16.2. The van der Waals surface area contributed by atoms with Gasteiger partial charge in [0, 0.05) is 24.3 Å². The number of nitriles is 1. The second-order valence-electron chi connectivity index (χ2n) is 7.81. The Labute approximate surface area is 160 Å². The molecule has 0 saturated carbocycles. The normalized spacial score (nSPS) is 21.1. The van der Waals surface area contributed by atoms with Gasteiger partial charge in [0.15, 0.2) is 0 Å². The van der Waals surface area contributed by atoms with Crippen molar-refractivity contribution in [3.63, 3.8) is 0 Å². The molecule has 1 aromatic heterocycles. The number of nitrogens with one attached hydrogen (secondary N) is 1. The highest BCUT2D eigenvalue weighted by Gasteiger charge is 2.46. The van der Waals surface area contributed by atoms with E-state index >= 15 is 0 Å². The predicted molar refractivity (Wildman–Crippen MR) is 105 cm³/mol. The van der Waals surface area contributed by atoms with Crippen molar-refractivity contribution in [1.29, 1.82) is 5.26 Å². The maximum atomic E-state index is 12.6. The lowest BCUT2D eigenvalue weighted by Gasteiger charge is -2.40. The van der Waals surface area contributed by atoms with E-state index in [1.165, 1.54) is 0 Å². The summed E-state index contributed by atoms with van der Waals surface area (Å²) in [6, 6.07) is 14.3. The van der Waals surface area contributed by atoms with E-state index in [0.717, 1.165) is 55.0 Å². The second-order valence-corrected chi connectivity index (χ2v) is 7.81. The minimum Gasteiger partial charge on any atom is -0.355 e. The summed E-state index contributed by atoms with van der Waals surface area (Å²) in [6.45, 7) is 5.52. The highest BCUT2D eigenvalue weighted by Crippen LogP contribution is 2.40. The van der Waals surface area contributed by atoms with Crippen LogP contribution in [0.5, 0.6) is 0 Å². The van der Waals surface area contributed by atoms with Crippen molar-refractivity contribution in [3.8, 4) is 6.07 Å². The number of carbonyl (C=O) groups is 1. The molecule has 0 aliphatic carbocycles. The maximum Gasteiger partial charge on any atom is 0.228 e. The number of anilines is 1. The third-order valence-corrected chi connectivity index (χ3v) is 5.96. The summed E-state index contributed by atoms with van der Waals surface area (Å²) in [4.78, 5) is 19.4. The Morgan fingerprint density at radius 1 is 1.22 bits per heavy atom. The molecule has 4 rings (SSSR count). The largest absolute Gasteiger partial charge is 0.355 e. The average molecular weight is 360 g/mol. The van der Waals surface area contributed by atoms with E-state index in [-0.39, 0.29) is 17.4 Å². The SMILES string of the molecule is Cc1cc(C)c(C#N)c(N2CCC3(CC2)C[C@H](c2ccccc2)C(=O)N3)n1. The summed E-state index contributed by atoms with van der Waals surface area (Å²) in [6.07, 6.45) is 2.60. The van der Waals surface area contributed by atoms with Gasteiger partial charge in [-0.25, -0.2) is 4.98 Å². The van der Waals surface area contributed by atoms with Crippen molar-refractivity contribution >= 4 is 11.7 Å². The Hall–Kier alpha value is -2.87. The number of benzene rings is 1. The van der Waals surface area contributed by atoms with Crippen LogP contribution < -0.4 is 10.2 Å². The van der Waals surface area contributed by atoms with Crippen LogP contribution >= 0.6 is 0 Å². The topological polar surface area (TPSA) is 69.0 Å². The van der Waals surface area contributed by atoms with Crippen molar-refractivity contribution in [3.05, 3.63) is 58.8 Å². The van der Waals surface area contributed by atoms with Crippen LogP contribution in [0.4, 0.5) is 5.82 Å². The molecule has 0 radical (unpaired) electrons. The molecule has 1 N–H and O–H groups in total. The molecule has 2 aliphatic rings. The first kappa shape index (κ1) is 17.5. The van der Waals surface area contributed by atoms with Gasteiger partial charge in [-0.2, -0.15) is 5.26 Å². The van der Waals surface area contributed by atoms with Gasteiger partial charge in [0.05, 0.1) is 11.5 Å². The van der Waals surface area contributed by atoms with Crippen LogP contribution in [0.3, 0.4) is 0 Å². The average Bonchev–Trinajstić information content (AvgIpc) is 2.98. The summed E-state index contributed by atoms with van der Waals surface area (Å²) in [5.41, 5.74) is 3.52. The van der Waals surface area contributed by atoms with Crippen molar-refractivity contribution in [2.75, 3.05) is 18.0 Å². The van der Waals surface area contributed by atoms with Crippen molar-refractivity contribution in [1.82, 2.24) is 10.3 Å². The molecule has 138 valence electrons. The molecule has 0 bridgehead atoms. The van der Waals surface area contributed by atoms with Crippen LogP contribution in [-0.4, -0.2) is 29.5 Å². The number of pyridine rings is 1. The Bertz CT molecular complexity index is 908. The summed E-state index contributed by atoms with van der Waals surface area (Å²) >= 11 is 0. The maximum absolute atomic E-state index is 12.6. The van der Waals surface area contributed by atoms with Crippen LogP contribution in [0.1, 0.15) is 47.6 Å². The molecule has 2 aliphatic heterocycles. The van der Waals surface area contributed by atoms with Gasteiger partial charge >= 0.3 is 0 Å². The number of piperidine rings is 1. The second kappa shape index (κ2) is 6.70. The number of carbonyl (C=O) groups excluding carboxylic acids is 1. The minimum absolute atomic E-state index is 0.0632. The van der Waals surface area contributed by atoms with Crippen molar-refractivity contribution in [2.24, 2.45) is 0 Å². The first-order chi connectivity index (χ1) is 13.0. The summed E-state index contributed by atoms with van der Waals surface area (Å²) in [5, 5.41) is 12.8. The lowest BCUT2D eigenvalue weighted by atomic mass is 9.82. The molecule has 2 saturated heterocycles. The van der Waals surface area contributed by atoms with E-state index in [4.69, 9.17) is 0 Å². The van der Waals surface area contributed by atoms with E-state index in [1.807, 2.05) is 50.2 Å². The van der Waals surface area contributed by atoms with Crippen molar-refractivity contribution in [2.45, 2.75) is 44.6 Å². The van der Waals surface area contributed by atoms with Gasteiger partial charge in [-0.1, -0.05) is 30.3 Å². The van der Waals surface area contributed by atoms with Crippen LogP contribution in [-0.2, 0) is 4.79 Å². The van der Waals surface area contributed by atoms with Crippen LogP contribution in [0.15, 0.2) is 36.4 Å². The number of hydrogen-bond acceptors (Lipinski definition) is 4. The standard InChI is InChI=1S/C22H24N4O/c1-15-12-16(2)24-20(19(15)14-23)26-10-8-22(9-11-26)13-18(21(27)25-22)17-6-4-3-5-7-17/h3-7,12,18H,8-11,13H2,1-2H3,(H,25,27)/t18-/m1/s1. The molecule has 0 unspecified atom stereocenters. The first-order valence-electron chi connectivity index (χ1n) is 9.52. The van der Waals surface area contributed by atoms with Gasteiger partial charge in [0.1, 0.15) is 11.9 Å². The molecular formula is C22H24N4O.